The molecule has 1 fully saturated rings. The zero-order valence-corrected chi connectivity index (χ0v) is 8.89. The van der Waals surface area contributed by atoms with Gasteiger partial charge in [0.05, 0.1) is 0 Å². The Morgan fingerprint density at radius 2 is 1.93 bits per heavy atom. The molecule has 0 aliphatic carbocycles. The van der Waals surface area contributed by atoms with E-state index in [-0.39, 0.29) is 0 Å². The van der Waals surface area contributed by atoms with Gasteiger partial charge in [0, 0.05) is 23.5 Å². The molecule has 1 saturated heterocycles. The first-order valence-electron chi connectivity index (χ1n) is 5.16. The number of nitrogens with zero attached hydrogens (tertiary/aromatic N) is 1. The SMILES string of the molecule is c1cc2cc(N3CCCC3)ccc2s1. The van der Waals surface area contributed by atoms with Crippen LogP contribution in [0.15, 0.2) is 29.6 Å². The third-order valence-corrected chi connectivity index (χ3v) is 3.81. The maximum Gasteiger partial charge on any atom is 0.0373 e. The Bertz CT molecular complexity index is 440. The molecule has 0 bridgehead atoms. The van der Waals surface area contributed by atoms with Crippen molar-refractivity contribution in [3.8, 4) is 0 Å². The molecule has 1 aromatic heterocycles. The fraction of sp³-hybridized carbons (Fsp3) is 0.333. The molecule has 0 N–H and O–H groups in total. The summed E-state index contributed by atoms with van der Waals surface area (Å²) in [6.07, 6.45) is 2.70. The standard InChI is InChI=1S/C12H13NS/c1-2-7-13(6-1)11-3-4-12-10(9-11)5-8-14-12/h3-5,8-9H,1-2,6-7H2. The lowest BCUT2D eigenvalue weighted by atomic mass is 10.2. The molecule has 0 saturated carbocycles. The van der Waals surface area contributed by atoms with E-state index in [4.69, 9.17) is 0 Å². The summed E-state index contributed by atoms with van der Waals surface area (Å²) < 4.78 is 1.40. The molecule has 1 aromatic carbocycles. The Morgan fingerprint density at radius 1 is 1.07 bits per heavy atom. The van der Waals surface area contributed by atoms with Gasteiger partial charge in [-0.15, -0.1) is 11.3 Å². The third-order valence-electron chi connectivity index (χ3n) is 2.91. The fourth-order valence-corrected chi connectivity index (χ4v) is 2.90. The molecule has 0 unspecified atom stereocenters. The predicted molar refractivity (Wildman–Crippen MR) is 63.3 cm³/mol. The van der Waals surface area contributed by atoms with E-state index in [1.54, 1.807) is 0 Å². The first kappa shape index (κ1) is 8.30. The molecular weight excluding hydrogens is 190 g/mol. The van der Waals surface area contributed by atoms with Gasteiger partial charge in [-0.1, -0.05) is 0 Å². The highest BCUT2D eigenvalue weighted by molar-refractivity contribution is 7.17. The minimum absolute atomic E-state index is 1.23. The molecular formula is C12H13NS. The predicted octanol–water partition coefficient (Wildman–Crippen LogP) is 3.50. The van der Waals surface area contributed by atoms with Gasteiger partial charge in [0.15, 0.2) is 0 Å². The van der Waals surface area contributed by atoms with E-state index in [1.165, 1.54) is 41.7 Å². The zero-order valence-electron chi connectivity index (χ0n) is 8.07. The molecule has 1 aliphatic heterocycles. The van der Waals surface area contributed by atoms with Gasteiger partial charge >= 0.3 is 0 Å². The highest BCUT2D eigenvalue weighted by Gasteiger charge is 2.12. The lowest BCUT2D eigenvalue weighted by Gasteiger charge is -2.17. The zero-order chi connectivity index (χ0) is 9.38. The first-order chi connectivity index (χ1) is 6.93. The van der Waals surface area contributed by atoms with Crippen molar-refractivity contribution in [3.05, 3.63) is 29.6 Å². The average molecular weight is 203 g/mol. The second-order valence-corrected chi connectivity index (χ2v) is 4.78. The number of hydrogen-bond donors (Lipinski definition) is 0. The second kappa shape index (κ2) is 3.28. The van der Waals surface area contributed by atoms with E-state index in [0.717, 1.165) is 0 Å². The van der Waals surface area contributed by atoms with Crippen LogP contribution in [-0.2, 0) is 0 Å². The van der Waals surface area contributed by atoms with E-state index in [1.807, 2.05) is 11.3 Å². The molecule has 0 atom stereocenters. The number of rotatable bonds is 1. The average Bonchev–Trinajstić information content (AvgIpc) is 2.88. The first-order valence-corrected chi connectivity index (χ1v) is 6.04. The summed E-state index contributed by atoms with van der Waals surface area (Å²) >= 11 is 1.82. The molecule has 0 amide bonds. The highest BCUT2D eigenvalue weighted by Crippen LogP contribution is 2.27. The molecule has 72 valence electrons. The monoisotopic (exact) mass is 203 g/mol. The van der Waals surface area contributed by atoms with Gasteiger partial charge in [-0.2, -0.15) is 0 Å². The summed E-state index contributed by atoms with van der Waals surface area (Å²) in [5, 5.41) is 3.55. The molecule has 14 heavy (non-hydrogen) atoms. The molecule has 0 radical (unpaired) electrons. The van der Waals surface area contributed by atoms with Crippen LogP contribution < -0.4 is 4.90 Å². The Labute approximate surface area is 88.0 Å². The minimum Gasteiger partial charge on any atom is -0.372 e. The number of anilines is 1. The van der Waals surface area contributed by atoms with Crippen LogP contribution in [0.2, 0.25) is 0 Å². The van der Waals surface area contributed by atoms with Gasteiger partial charge in [-0.3, -0.25) is 0 Å². The summed E-state index contributed by atoms with van der Waals surface area (Å²) in [7, 11) is 0. The van der Waals surface area contributed by atoms with Gasteiger partial charge < -0.3 is 4.90 Å². The minimum atomic E-state index is 1.23. The van der Waals surface area contributed by atoms with Gasteiger partial charge in [0.1, 0.15) is 0 Å². The normalized spacial score (nSPS) is 16.7. The van der Waals surface area contributed by atoms with E-state index in [0.29, 0.717) is 0 Å². The van der Waals surface area contributed by atoms with Crippen LogP contribution in [-0.4, -0.2) is 13.1 Å². The van der Waals surface area contributed by atoms with Crippen LogP contribution in [0.4, 0.5) is 5.69 Å². The van der Waals surface area contributed by atoms with E-state index >= 15 is 0 Å². The van der Waals surface area contributed by atoms with Crippen molar-refractivity contribution < 1.29 is 0 Å². The van der Waals surface area contributed by atoms with E-state index < -0.39 is 0 Å². The maximum atomic E-state index is 2.48. The quantitative estimate of drug-likeness (QED) is 0.685. The Kier molecular flexibility index (Phi) is 1.95. The van der Waals surface area contributed by atoms with Crippen LogP contribution in [0, 0.1) is 0 Å². The molecule has 3 rings (SSSR count). The van der Waals surface area contributed by atoms with Crippen molar-refractivity contribution in [3.63, 3.8) is 0 Å². The van der Waals surface area contributed by atoms with Crippen molar-refractivity contribution in [1.29, 1.82) is 0 Å². The number of benzene rings is 1. The number of fused-ring (bicyclic) bond motifs is 1. The maximum absolute atomic E-state index is 2.48. The van der Waals surface area contributed by atoms with Gasteiger partial charge in [-0.25, -0.2) is 0 Å². The number of thiophene rings is 1. The van der Waals surface area contributed by atoms with Gasteiger partial charge in [-0.05, 0) is 47.9 Å². The lowest BCUT2D eigenvalue weighted by Crippen LogP contribution is -2.17. The van der Waals surface area contributed by atoms with Crippen LogP contribution in [0.25, 0.3) is 10.1 Å². The molecule has 2 heterocycles. The van der Waals surface area contributed by atoms with Crippen LogP contribution in [0.5, 0.6) is 0 Å². The molecule has 0 spiro atoms. The highest BCUT2D eigenvalue weighted by atomic mass is 32.1. The molecule has 2 heteroatoms. The molecule has 2 aromatic rings. The Morgan fingerprint density at radius 3 is 2.79 bits per heavy atom. The molecule has 1 nitrogen and oxygen atoms in total. The van der Waals surface area contributed by atoms with Gasteiger partial charge in [0.2, 0.25) is 0 Å². The summed E-state index contributed by atoms with van der Waals surface area (Å²) in [6, 6.07) is 9.02. The Balaban J connectivity index is 2.04. The van der Waals surface area contributed by atoms with E-state index in [2.05, 4.69) is 34.5 Å². The van der Waals surface area contributed by atoms with Crippen molar-refractivity contribution >= 4 is 27.1 Å². The van der Waals surface area contributed by atoms with Crippen molar-refractivity contribution in [1.82, 2.24) is 0 Å². The summed E-state index contributed by atoms with van der Waals surface area (Å²) in [6.45, 7) is 2.46. The number of hydrogen-bond acceptors (Lipinski definition) is 2. The smallest absolute Gasteiger partial charge is 0.0373 e. The largest absolute Gasteiger partial charge is 0.372 e. The fourth-order valence-electron chi connectivity index (χ4n) is 2.13. The van der Waals surface area contributed by atoms with Crippen LogP contribution in [0.3, 0.4) is 0 Å². The topological polar surface area (TPSA) is 3.24 Å². The van der Waals surface area contributed by atoms with Crippen LogP contribution in [0.1, 0.15) is 12.8 Å². The summed E-state index contributed by atoms with van der Waals surface area (Å²) in [5.41, 5.74) is 1.40. The summed E-state index contributed by atoms with van der Waals surface area (Å²) in [4.78, 5) is 2.48. The lowest BCUT2D eigenvalue weighted by molar-refractivity contribution is 0.949. The van der Waals surface area contributed by atoms with Crippen molar-refractivity contribution in [2.24, 2.45) is 0 Å². The third kappa shape index (κ3) is 1.30. The summed E-state index contributed by atoms with van der Waals surface area (Å²) in [5.74, 6) is 0. The van der Waals surface area contributed by atoms with Gasteiger partial charge in [0.25, 0.3) is 0 Å². The molecule has 1 aliphatic rings. The Hall–Kier alpha value is -1.02. The van der Waals surface area contributed by atoms with Crippen molar-refractivity contribution in [2.75, 3.05) is 18.0 Å². The van der Waals surface area contributed by atoms with Crippen molar-refractivity contribution in [2.45, 2.75) is 12.8 Å². The van der Waals surface area contributed by atoms with E-state index in [9.17, 15) is 0 Å². The second-order valence-electron chi connectivity index (χ2n) is 3.84. The van der Waals surface area contributed by atoms with Crippen LogP contribution >= 0.6 is 11.3 Å².